The van der Waals surface area contributed by atoms with Gasteiger partial charge in [0.25, 0.3) is 0 Å². The van der Waals surface area contributed by atoms with Crippen LogP contribution in [0, 0.1) is 13.8 Å². The monoisotopic (exact) mass is 311 g/mol. The highest BCUT2D eigenvalue weighted by Gasteiger charge is 2.09. The Balaban J connectivity index is 1.86. The first-order chi connectivity index (χ1) is 11.0. The molecule has 0 aliphatic heterocycles. The molecule has 0 radical (unpaired) electrons. The molecule has 0 saturated carbocycles. The molecule has 5 nitrogen and oxygen atoms in total. The Labute approximate surface area is 132 Å². The van der Waals surface area contributed by atoms with E-state index in [9.17, 15) is 9.59 Å². The molecule has 0 amide bonds. The van der Waals surface area contributed by atoms with Gasteiger partial charge in [0.05, 0.1) is 17.4 Å². The van der Waals surface area contributed by atoms with Gasteiger partial charge < -0.3 is 9.15 Å². The molecule has 0 aliphatic rings. The van der Waals surface area contributed by atoms with Crippen LogP contribution in [0.4, 0.5) is 0 Å². The van der Waals surface area contributed by atoms with Gasteiger partial charge in [0, 0.05) is 0 Å². The van der Waals surface area contributed by atoms with Crippen molar-refractivity contribution in [2.45, 2.75) is 20.4 Å². The number of hydrogen-bond donors (Lipinski definition) is 0. The fourth-order valence-electron chi connectivity index (χ4n) is 2.44. The molecule has 23 heavy (non-hydrogen) atoms. The molecule has 0 fully saturated rings. The van der Waals surface area contributed by atoms with Gasteiger partial charge in [-0.15, -0.1) is 0 Å². The maximum Gasteiger partial charge on any atom is 0.422 e. The lowest BCUT2D eigenvalue weighted by Gasteiger charge is -2.10. The van der Waals surface area contributed by atoms with E-state index in [0.29, 0.717) is 24.1 Å². The molecule has 0 spiro atoms. The van der Waals surface area contributed by atoms with E-state index in [0.717, 1.165) is 16.9 Å². The average Bonchev–Trinajstić information content (AvgIpc) is 2.52. The van der Waals surface area contributed by atoms with Gasteiger partial charge in [0.15, 0.2) is 0 Å². The van der Waals surface area contributed by atoms with E-state index < -0.39 is 11.4 Å². The topological polar surface area (TPSA) is 61.4 Å². The average molecular weight is 311 g/mol. The molecule has 0 unspecified atom stereocenters. The molecule has 3 rings (SSSR count). The van der Waals surface area contributed by atoms with Gasteiger partial charge in [-0.1, -0.05) is 29.3 Å². The van der Waals surface area contributed by atoms with E-state index in [1.807, 2.05) is 44.2 Å². The normalized spacial score (nSPS) is 10.9. The lowest BCUT2D eigenvalue weighted by atomic mass is 10.2. The van der Waals surface area contributed by atoms with E-state index in [1.165, 1.54) is 4.57 Å². The van der Waals surface area contributed by atoms with E-state index in [2.05, 4.69) is 0 Å². The zero-order valence-electron chi connectivity index (χ0n) is 13.0. The molecule has 0 atom stereocenters. The Morgan fingerprint density at radius 1 is 1.00 bits per heavy atom. The Hall–Kier alpha value is -2.82. The van der Waals surface area contributed by atoms with Crippen molar-refractivity contribution in [2.24, 2.45) is 0 Å². The van der Waals surface area contributed by atoms with E-state index in [1.54, 1.807) is 12.1 Å². The first-order valence-electron chi connectivity index (χ1n) is 7.38. The number of nitrogens with zero attached hydrogens (tertiary/aromatic N) is 1. The molecule has 1 aromatic heterocycles. The van der Waals surface area contributed by atoms with Crippen LogP contribution in [0.5, 0.6) is 5.75 Å². The van der Waals surface area contributed by atoms with Crippen molar-refractivity contribution in [3.05, 3.63) is 74.6 Å². The fourth-order valence-corrected chi connectivity index (χ4v) is 2.44. The van der Waals surface area contributed by atoms with Crippen LogP contribution in [0.25, 0.3) is 10.9 Å². The van der Waals surface area contributed by atoms with Gasteiger partial charge >= 0.3 is 11.4 Å². The van der Waals surface area contributed by atoms with Crippen molar-refractivity contribution in [3.63, 3.8) is 0 Å². The van der Waals surface area contributed by atoms with Crippen LogP contribution in [-0.2, 0) is 6.54 Å². The predicted molar refractivity (Wildman–Crippen MR) is 88.2 cm³/mol. The van der Waals surface area contributed by atoms with Crippen molar-refractivity contribution >= 4 is 10.9 Å². The van der Waals surface area contributed by atoms with Gasteiger partial charge in [-0.05, 0) is 38.1 Å². The third kappa shape index (κ3) is 3.18. The number of hydrogen-bond acceptors (Lipinski definition) is 4. The lowest BCUT2D eigenvalue weighted by molar-refractivity contribution is 0.287. The molecule has 0 saturated heterocycles. The van der Waals surface area contributed by atoms with E-state index in [-0.39, 0.29) is 0 Å². The Morgan fingerprint density at radius 3 is 2.43 bits per heavy atom. The summed E-state index contributed by atoms with van der Waals surface area (Å²) in [6.07, 6.45) is 0. The SMILES string of the molecule is Cc1ccc(OCCn2c(=O)oc(=O)c3cc(C)ccc32)cc1. The summed E-state index contributed by atoms with van der Waals surface area (Å²) in [6.45, 7) is 4.49. The Morgan fingerprint density at radius 2 is 1.70 bits per heavy atom. The minimum absolute atomic E-state index is 0.302. The van der Waals surface area contributed by atoms with E-state index in [4.69, 9.17) is 9.15 Å². The van der Waals surface area contributed by atoms with Gasteiger partial charge in [0.2, 0.25) is 0 Å². The van der Waals surface area contributed by atoms with Gasteiger partial charge in [0.1, 0.15) is 12.4 Å². The standard InChI is InChI=1S/C18H17NO4/c1-12-3-6-14(7-4-12)22-10-9-19-16-8-5-13(2)11-15(16)17(20)23-18(19)21/h3-8,11H,9-10H2,1-2H3. The summed E-state index contributed by atoms with van der Waals surface area (Å²) in [5.41, 5.74) is 2.04. The van der Waals surface area contributed by atoms with Crippen LogP contribution in [0.15, 0.2) is 56.5 Å². The zero-order valence-corrected chi connectivity index (χ0v) is 13.0. The second kappa shape index (κ2) is 6.12. The molecule has 0 N–H and O–H groups in total. The molecule has 3 aromatic rings. The summed E-state index contributed by atoms with van der Waals surface area (Å²) in [7, 11) is 0. The second-order valence-corrected chi connectivity index (χ2v) is 5.49. The largest absolute Gasteiger partial charge is 0.492 e. The minimum Gasteiger partial charge on any atom is -0.492 e. The molecular formula is C18H17NO4. The van der Waals surface area contributed by atoms with Crippen LogP contribution in [0.1, 0.15) is 11.1 Å². The summed E-state index contributed by atoms with van der Waals surface area (Å²) >= 11 is 0. The number of ether oxygens (including phenoxy) is 1. The summed E-state index contributed by atoms with van der Waals surface area (Å²) in [5.74, 6) is 0.0695. The Kier molecular flexibility index (Phi) is 4.02. The van der Waals surface area contributed by atoms with E-state index >= 15 is 0 Å². The molecule has 0 bridgehead atoms. The highest BCUT2D eigenvalue weighted by atomic mass is 16.5. The zero-order chi connectivity index (χ0) is 16.4. The highest BCUT2D eigenvalue weighted by molar-refractivity contribution is 5.78. The van der Waals surface area contributed by atoms with Crippen LogP contribution in [0.3, 0.4) is 0 Å². The van der Waals surface area contributed by atoms with Crippen molar-refractivity contribution in [1.29, 1.82) is 0 Å². The van der Waals surface area contributed by atoms with Crippen molar-refractivity contribution < 1.29 is 9.15 Å². The maximum absolute atomic E-state index is 12.0. The summed E-state index contributed by atoms with van der Waals surface area (Å²) in [5, 5.41) is 0.403. The summed E-state index contributed by atoms with van der Waals surface area (Å²) < 4.78 is 11.9. The smallest absolute Gasteiger partial charge is 0.422 e. The van der Waals surface area contributed by atoms with Crippen LogP contribution >= 0.6 is 0 Å². The molecule has 5 heteroatoms. The van der Waals surface area contributed by atoms with Crippen LogP contribution < -0.4 is 16.1 Å². The van der Waals surface area contributed by atoms with Crippen molar-refractivity contribution in [2.75, 3.05) is 6.61 Å². The van der Waals surface area contributed by atoms with Gasteiger partial charge in [-0.3, -0.25) is 4.57 Å². The first kappa shape index (κ1) is 15.1. The molecule has 118 valence electrons. The highest BCUT2D eigenvalue weighted by Crippen LogP contribution is 2.13. The molecule has 0 aliphatic carbocycles. The number of aromatic nitrogens is 1. The fraction of sp³-hybridized carbons (Fsp3) is 0.222. The number of benzene rings is 2. The lowest BCUT2D eigenvalue weighted by Crippen LogP contribution is -2.27. The Bertz CT molecular complexity index is 951. The quantitative estimate of drug-likeness (QED) is 0.743. The van der Waals surface area contributed by atoms with Crippen molar-refractivity contribution in [1.82, 2.24) is 4.57 Å². The summed E-state index contributed by atoms with van der Waals surface area (Å²) in [4.78, 5) is 23.8. The molecule has 2 aromatic carbocycles. The number of rotatable bonds is 4. The van der Waals surface area contributed by atoms with Gasteiger partial charge in [-0.25, -0.2) is 9.59 Å². The van der Waals surface area contributed by atoms with Gasteiger partial charge in [-0.2, -0.15) is 0 Å². The van der Waals surface area contributed by atoms with Crippen LogP contribution in [0.2, 0.25) is 0 Å². The predicted octanol–water partition coefficient (Wildman–Crippen LogP) is 2.65. The second-order valence-electron chi connectivity index (χ2n) is 5.49. The van der Waals surface area contributed by atoms with Crippen LogP contribution in [-0.4, -0.2) is 11.2 Å². The number of fused-ring (bicyclic) bond motifs is 1. The number of aryl methyl sites for hydroxylation is 2. The first-order valence-corrected chi connectivity index (χ1v) is 7.38. The maximum atomic E-state index is 12.0. The molecule has 1 heterocycles. The minimum atomic E-state index is -0.668. The van der Waals surface area contributed by atoms with Crippen molar-refractivity contribution in [3.8, 4) is 5.75 Å². The molecular weight excluding hydrogens is 294 g/mol. The third-order valence-electron chi connectivity index (χ3n) is 3.67. The summed E-state index contributed by atoms with van der Waals surface area (Å²) in [6, 6.07) is 13.0. The third-order valence-corrected chi connectivity index (χ3v) is 3.67.